The van der Waals surface area contributed by atoms with E-state index >= 15 is 0 Å². The van der Waals surface area contributed by atoms with E-state index in [0.717, 1.165) is 12.8 Å². The van der Waals surface area contributed by atoms with Crippen molar-refractivity contribution in [3.8, 4) is 11.5 Å². The molecule has 3 aromatic heterocycles. The van der Waals surface area contributed by atoms with Crippen LogP contribution in [0, 0.1) is 0 Å². The number of nitrogens with one attached hydrogen (secondary N) is 1. The van der Waals surface area contributed by atoms with Gasteiger partial charge in [-0.1, -0.05) is 35.5 Å². The Balaban J connectivity index is 1.31. The van der Waals surface area contributed by atoms with Gasteiger partial charge in [0.1, 0.15) is 5.69 Å². The molecule has 0 bridgehead atoms. The lowest BCUT2D eigenvalue weighted by Gasteiger charge is -2.11. The fraction of sp³-hybridized carbons (Fsp3) is 0.143. The molecule has 7 nitrogen and oxygen atoms in total. The third-order valence-electron chi connectivity index (χ3n) is 4.94. The highest BCUT2D eigenvalue weighted by Crippen LogP contribution is 2.34. The van der Waals surface area contributed by atoms with Crippen molar-refractivity contribution in [1.29, 1.82) is 0 Å². The number of anilines is 1. The summed E-state index contributed by atoms with van der Waals surface area (Å²) < 4.78 is 7.15. The Hall–Kier alpha value is -3.74. The van der Waals surface area contributed by atoms with Gasteiger partial charge in [0.15, 0.2) is 11.5 Å². The number of hydrogen-bond acceptors (Lipinski definition) is 5. The summed E-state index contributed by atoms with van der Waals surface area (Å²) >= 11 is 0. The largest absolute Gasteiger partial charge is 0.354 e. The standard InChI is InChI=1S/C21H17N5O2/c27-21(18-11-20(28-25-18)17-7-3-4-10-22-17)24-15-12-23-26(13-15)19-9-8-14-5-1-2-6-16(14)19/h1-7,10-13,19H,8-9H2,(H,24,27). The number of carbonyl (C=O) groups excluding carboxylic acids is 1. The van der Waals surface area contributed by atoms with Crippen LogP contribution in [0.15, 0.2) is 71.6 Å². The van der Waals surface area contributed by atoms with Crippen molar-refractivity contribution >= 4 is 11.6 Å². The van der Waals surface area contributed by atoms with Crippen molar-refractivity contribution in [2.24, 2.45) is 0 Å². The molecule has 1 unspecified atom stereocenters. The molecule has 0 saturated heterocycles. The number of hydrogen-bond donors (Lipinski definition) is 1. The van der Waals surface area contributed by atoms with Gasteiger partial charge in [0.2, 0.25) is 0 Å². The van der Waals surface area contributed by atoms with E-state index in [2.05, 4.69) is 38.8 Å². The molecule has 5 rings (SSSR count). The predicted octanol–water partition coefficient (Wildman–Crippen LogP) is 3.72. The van der Waals surface area contributed by atoms with Crippen molar-refractivity contribution in [1.82, 2.24) is 19.9 Å². The van der Waals surface area contributed by atoms with Gasteiger partial charge in [0.05, 0.1) is 17.9 Å². The summed E-state index contributed by atoms with van der Waals surface area (Å²) in [6.07, 6.45) is 7.21. The van der Waals surface area contributed by atoms with Gasteiger partial charge in [-0.3, -0.25) is 14.5 Å². The molecule has 0 saturated carbocycles. The smallest absolute Gasteiger partial charge is 0.277 e. The fourth-order valence-corrected chi connectivity index (χ4v) is 3.59. The van der Waals surface area contributed by atoms with Crippen LogP contribution in [0.5, 0.6) is 0 Å². The number of aromatic nitrogens is 4. The third kappa shape index (κ3) is 2.96. The number of fused-ring (bicyclic) bond motifs is 1. The Morgan fingerprint density at radius 2 is 2.07 bits per heavy atom. The van der Waals surface area contributed by atoms with E-state index in [1.165, 1.54) is 11.1 Å². The molecule has 0 spiro atoms. The molecule has 0 aliphatic heterocycles. The third-order valence-corrected chi connectivity index (χ3v) is 4.94. The maximum Gasteiger partial charge on any atom is 0.277 e. The minimum absolute atomic E-state index is 0.194. The number of amides is 1. The lowest BCUT2D eigenvalue weighted by Crippen LogP contribution is -2.12. The zero-order valence-electron chi connectivity index (χ0n) is 14.9. The van der Waals surface area contributed by atoms with Gasteiger partial charge in [-0.05, 0) is 36.1 Å². The van der Waals surface area contributed by atoms with Gasteiger partial charge in [0, 0.05) is 18.5 Å². The number of rotatable bonds is 4. The highest BCUT2D eigenvalue weighted by molar-refractivity contribution is 6.03. The second kappa shape index (κ2) is 6.77. The quantitative estimate of drug-likeness (QED) is 0.591. The zero-order valence-corrected chi connectivity index (χ0v) is 14.9. The number of pyridine rings is 1. The summed E-state index contributed by atoms with van der Waals surface area (Å²) in [5, 5.41) is 11.1. The average Bonchev–Trinajstić information content (AvgIpc) is 3.47. The Morgan fingerprint density at radius 1 is 1.18 bits per heavy atom. The first-order valence-electron chi connectivity index (χ1n) is 9.09. The second-order valence-electron chi connectivity index (χ2n) is 6.71. The maximum absolute atomic E-state index is 12.5. The molecule has 7 heteroatoms. The molecule has 1 aromatic carbocycles. The van der Waals surface area contributed by atoms with Crippen LogP contribution in [-0.4, -0.2) is 25.8 Å². The molecule has 4 aromatic rings. The molecule has 0 fully saturated rings. The predicted molar refractivity (Wildman–Crippen MR) is 103 cm³/mol. The van der Waals surface area contributed by atoms with Crippen LogP contribution in [0.25, 0.3) is 11.5 Å². The summed E-state index contributed by atoms with van der Waals surface area (Å²) in [5.41, 5.74) is 4.09. The normalized spacial score (nSPS) is 15.4. The van der Waals surface area contributed by atoms with Crippen molar-refractivity contribution in [3.05, 3.63) is 83.9 Å². The van der Waals surface area contributed by atoms with Gasteiger partial charge in [-0.15, -0.1) is 0 Å². The van der Waals surface area contributed by atoms with Crippen LogP contribution in [-0.2, 0) is 6.42 Å². The first kappa shape index (κ1) is 16.4. The van der Waals surface area contributed by atoms with Crippen LogP contribution in [0.4, 0.5) is 5.69 Å². The second-order valence-corrected chi connectivity index (χ2v) is 6.71. The van der Waals surface area contributed by atoms with E-state index in [0.29, 0.717) is 17.1 Å². The van der Waals surface area contributed by atoms with Crippen LogP contribution in [0.3, 0.4) is 0 Å². The molecular formula is C21H17N5O2. The van der Waals surface area contributed by atoms with E-state index in [1.807, 2.05) is 29.1 Å². The number of carbonyl (C=O) groups is 1. The molecule has 1 aliphatic rings. The summed E-state index contributed by atoms with van der Waals surface area (Å²) in [5.74, 6) is 0.0984. The van der Waals surface area contributed by atoms with Gasteiger partial charge in [-0.25, -0.2) is 0 Å². The van der Waals surface area contributed by atoms with E-state index in [1.54, 1.807) is 24.5 Å². The number of benzene rings is 1. The van der Waals surface area contributed by atoms with Crippen LogP contribution in [0.1, 0.15) is 34.1 Å². The molecule has 138 valence electrons. The topological polar surface area (TPSA) is 85.8 Å². The van der Waals surface area contributed by atoms with E-state index in [4.69, 9.17) is 4.52 Å². The van der Waals surface area contributed by atoms with Crippen molar-refractivity contribution in [3.63, 3.8) is 0 Å². The molecule has 1 aliphatic carbocycles. The Labute approximate surface area is 161 Å². The van der Waals surface area contributed by atoms with Crippen molar-refractivity contribution in [2.75, 3.05) is 5.32 Å². The summed E-state index contributed by atoms with van der Waals surface area (Å²) in [6.45, 7) is 0. The highest BCUT2D eigenvalue weighted by Gasteiger charge is 2.24. The SMILES string of the molecule is O=C(Nc1cnn(C2CCc3ccccc32)c1)c1cc(-c2ccccn2)on1. The van der Waals surface area contributed by atoms with E-state index < -0.39 is 0 Å². The van der Waals surface area contributed by atoms with E-state index in [9.17, 15) is 4.79 Å². The minimum Gasteiger partial charge on any atom is -0.354 e. The minimum atomic E-state index is -0.350. The molecule has 3 heterocycles. The van der Waals surface area contributed by atoms with Crippen LogP contribution in [0.2, 0.25) is 0 Å². The first-order chi connectivity index (χ1) is 13.8. The Bertz CT molecular complexity index is 1130. The number of nitrogens with zero attached hydrogens (tertiary/aromatic N) is 4. The molecular weight excluding hydrogens is 354 g/mol. The molecule has 0 radical (unpaired) electrons. The lowest BCUT2D eigenvalue weighted by molar-refractivity contribution is 0.101. The number of aryl methyl sites for hydroxylation is 1. The van der Waals surface area contributed by atoms with Gasteiger partial charge < -0.3 is 9.84 Å². The first-order valence-corrected chi connectivity index (χ1v) is 9.09. The van der Waals surface area contributed by atoms with E-state index in [-0.39, 0.29) is 17.6 Å². The summed E-state index contributed by atoms with van der Waals surface area (Å²) in [6, 6.07) is 15.6. The van der Waals surface area contributed by atoms with Crippen molar-refractivity contribution in [2.45, 2.75) is 18.9 Å². The molecule has 28 heavy (non-hydrogen) atoms. The average molecular weight is 371 g/mol. The lowest BCUT2D eigenvalue weighted by atomic mass is 10.1. The molecule has 1 atom stereocenters. The fourth-order valence-electron chi connectivity index (χ4n) is 3.59. The molecule has 1 N–H and O–H groups in total. The maximum atomic E-state index is 12.5. The zero-order chi connectivity index (χ0) is 18.9. The monoisotopic (exact) mass is 371 g/mol. The summed E-state index contributed by atoms with van der Waals surface area (Å²) in [4.78, 5) is 16.7. The van der Waals surface area contributed by atoms with Gasteiger partial charge in [-0.2, -0.15) is 5.10 Å². The van der Waals surface area contributed by atoms with Gasteiger partial charge >= 0.3 is 0 Å². The van der Waals surface area contributed by atoms with Crippen LogP contribution >= 0.6 is 0 Å². The summed E-state index contributed by atoms with van der Waals surface area (Å²) in [7, 11) is 0. The molecule has 1 amide bonds. The van der Waals surface area contributed by atoms with Crippen molar-refractivity contribution < 1.29 is 9.32 Å². The Morgan fingerprint density at radius 3 is 2.96 bits per heavy atom. The van der Waals surface area contributed by atoms with Gasteiger partial charge in [0.25, 0.3) is 5.91 Å². The highest BCUT2D eigenvalue weighted by atomic mass is 16.5. The van der Waals surface area contributed by atoms with Crippen LogP contribution < -0.4 is 5.32 Å². The Kier molecular flexibility index (Phi) is 3.97.